The summed E-state index contributed by atoms with van der Waals surface area (Å²) >= 11 is 0. The first-order valence-electron chi connectivity index (χ1n) is 9.91. The molecule has 1 heterocycles. The molecule has 0 N–H and O–H groups in total. The smallest absolute Gasteiger partial charge is 0.252 e. The van der Waals surface area contributed by atoms with Gasteiger partial charge in [0.05, 0.1) is 17.0 Å². The second-order valence-corrected chi connectivity index (χ2v) is 9.54. The summed E-state index contributed by atoms with van der Waals surface area (Å²) in [6, 6.07) is 19.9. The average Bonchev–Trinajstić information content (AvgIpc) is 3.53. The number of imide groups is 1. The van der Waals surface area contributed by atoms with Gasteiger partial charge in [-0.15, -0.1) is 0 Å². The number of carbonyl (C=O) groups is 2. The highest BCUT2D eigenvalue weighted by molar-refractivity contribution is 7.89. The van der Waals surface area contributed by atoms with Gasteiger partial charge in [-0.25, -0.2) is 13.3 Å². The third-order valence-electron chi connectivity index (χ3n) is 5.65. The van der Waals surface area contributed by atoms with E-state index >= 15 is 0 Å². The maximum absolute atomic E-state index is 13.6. The molecule has 3 aromatic carbocycles. The highest BCUT2D eigenvalue weighted by Gasteiger charge is 2.51. The van der Waals surface area contributed by atoms with Crippen LogP contribution >= 0.6 is 0 Å². The van der Waals surface area contributed by atoms with E-state index in [1.165, 1.54) is 4.31 Å². The summed E-state index contributed by atoms with van der Waals surface area (Å²) in [6.45, 7) is 0. The molecule has 152 valence electrons. The van der Waals surface area contributed by atoms with Crippen molar-refractivity contribution >= 4 is 38.3 Å². The van der Waals surface area contributed by atoms with E-state index in [9.17, 15) is 18.0 Å². The van der Waals surface area contributed by atoms with Crippen molar-refractivity contribution in [3.05, 3.63) is 72.8 Å². The number of hydrogen-bond donors (Lipinski definition) is 0. The highest BCUT2D eigenvalue weighted by Crippen LogP contribution is 2.38. The second-order valence-electron chi connectivity index (χ2n) is 7.70. The number of fused-ring (bicyclic) bond motifs is 1. The Morgan fingerprint density at radius 2 is 1.50 bits per heavy atom. The van der Waals surface area contributed by atoms with Crippen molar-refractivity contribution in [1.29, 1.82) is 0 Å². The Hall–Kier alpha value is -3.03. The zero-order valence-electron chi connectivity index (χ0n) is 16.1. The average molecular weight is 420 g/mol. The van der Waals surface area contributed by atoms with Gasteiger partial charge in [0, 0.05) is 6.04 Å². The van der Waals surface area contributed by atoms with Crippen LogP contribution in [0, 0.1) is 0 Å². The van der Waals surface area contributed by atoms with E-state index in [1.54, 1.807) is 48.5 Å². The van der Waals surface area contributed by atoms with Crippen molar-refractivity contribution in [2.75, 3.05) is 4.90 Å². The number of sulfonamides is 1. The van der Waals surface area contributed by atoms with Crippen LogP contribution in [0.3, 0.4) is 0 Å². The van der Waals surface area contributed by atoms with Crippen molar-refractivity contribution in [1.82, 2.24) is 4.31 Å². The summed E-state index contributed by atoms with van der Waals surface area (Å²) in [4.78, 5) is 27.1. The third-order valence-corrected chi connectivity index (χ3v) is 7.60. The van der Waals surface area contributed by atoms with E-state index in [4.69, 9.17) is 0 Å². The molecule has 6 nitrogen and oxygen atoms in total. The van der Waals surface area contributed by atoms with Gasteiger partial charge in [-0.2, -0.15) is 4.31 Å². The van der Waals surface area contributed by atoms with Crippen LogP contribution in [0.2, 0.25) is 0 Å². The van der Waals surface area contributed by atoms with Crippen molar-refractivity contribution in [2.45, 2.75) is 36.2 Å². The van der Waals surface area contributed by atoms with Crippen LogP contribution in [-0.2, 0) is 19.6 Å². The monoisotopic (exact) mass is 420 g/mol. The molecule has 1 saturated carbocycles. The molecule has 3 aromatic rings. The van der Waals surface area contributed by atoms with Crippen molar-refractivity contribution in [3.63, 3.8) is 0 Å². The first-order chi connectivity index (χ1) is 14.5. The molecule has 7 heteroatoms. The van der Waals surface area contributed by atoms with Crippen LogP contribution in [0.5, 0.6) is 0 Å². The van der Waals surface area contributed by atoms with Crippen molar-refractivity contribution in [2.24, 2.45) is 0 Å². The second kappa shape index (κ2) is 7.04. The Labute approximate surface area is 174 Å². The standard InChI is InChI=1S/C23H20N2O4S/c26-22-15-21(23(27)24(22)18-8-2-1-3-9-18)25(19-11-12-19)30(28,29)20-13-10-16-6-4-5-7-17(16)14-20/h1-10,13-14,19,21H,11-12,15H2. The maximum atomic E-state index is 13.6. The fourth-order valence-corrected chi connectivity index (χ4v) is 5.92. The van der Waals surface area contributed by atoms with E-state index in [1.807, 2.05) is 24.3 Å². The van der Waals surface area contributed by atoms with Gasteiger partial charge in [0.25, 0.3) is 5.91 Å². The zero-order chi connectivity index (χ0) is 20.9. The molecule has 1 atom stereocenters. The molecule has 1 aliphatic carbocycles. The molecular weight excluding hydrogens is 400 g/mol. The quantitative estimate of drug-likeness (QED) is 0.594. The lowest BCUT2D eigenvalue weighted by molar-refractivity contribution is -0.122. The Balaban J connectivity index is 1.54. The number of para-hydroxylation sites is 1. The van der Waals surface area contributed by atoms with Gasteiger partial charge >= 0.3 is 0 Å². The molecule has 30 heavy (non-hydrogen) atoms. The maximum Gasteiger partial charge on any atom is 0.252 e. The minimum Gasteiger partial charge on any atom is -0.274 e. The third kappa shape index (κ3) is 3.11. The van der Waals surface area contributed by atoms with Crippen LogP contribution in [-0.4, -0.2) is 36.6 Å². The SMILES string of the molecule is O=C1CC(N(C2CC2)S(=O)(=O)c2ccc3ccccc3c2)C(=O)N1c1ccccc1. The van der Waals surface area contributed by atoms with E-state index in [-0.39, 0.29) is 23.3 Å². The Bertz CT molecular complexity index is 1250. The number of hydrogen-bond acceptors (Lipinski definition) is 4. The summed E-state index contributed by atoms with van der Waals surface area (Å²) in [5, 5.41) is 1.76. The van der Waals surface area contributed by atoms with Gasteiger partial charge < -0.3 is 0 Å². The Morgan fingerprint density at radius 3 is 2.20 bits per heavy atom. The van der Waals surface area contributed by atoms with Gasteiger partial charge in [0.1, 0.15) is 6.04 Å². The predicted octanol–water partition coefficient (Wildman–Crippen LogP) is 3.33. The summed E-state index contributed by atoms with van der Waals surface area (Å²) in [7, 11) is -3.94. The van der Waals surface area contributed by atoms with Crippen LogP contribution in [0.25, 0.3) is 10.8 Å². The number of anilines is 1. The molecule has 0 radical (unpaired) electrons. The number of carbonyl (C=O) groups excluding carboxylic acids is 2. The van der Waals surface area contributed by atoms with Gasteiger partial charge in [-0.3, -0.25) is 9.59 Å². The summed E-state index contributed by atoms with van der Waals surface area (Å²) in [5.74, 6) is -0.863. The molecule has 5 rings (SSSR count). The largest absolute Gasteiger partial charge is 0.274 e. The van der Waals surface area contributed by atoms with E-state index in [2.05, 4.69) is 0 Å². The van der Waals surface area contributed by atoms with E-state index < -0.39 is 22.0 Å². The van der Waals surface area contributed by atoms with Crippen LogP contribution in [0.15, 0.2) is 77.7 Å². The van der Waals surface area contributed by atoms with Crippen molar-refractivity contribution < 1.29 is 18.0 Å². The van der Waals surface area contributed by atoms with E-state index in [0.29, 0.717) is 18.5 Å². The first kappa shape index (κ1) is 19.0. The molecule has 1 aliphatic heterocycles. The number of benzene rings is 3. The van der Waals surface area contributed by atoms with E-state index in [0.717, 1.165) is 15.7 Å². The summed E-state index contributed by atoms with van der Waals surface area (Å²) < 4.78 is 28.4. The Kier molecular flexibility index (Phi) is 4.45. The van der Waals surface area contributed by atoms with Gasteiger partial charge in [0.2, 0.25) is 15.9 Å². The van der Waals surface area contributed by atoms with Crippen molar-refractivity contribution in [3.8, 4) is 0 Å². The van der Waals surface area contributed by atoms with Gasteiger partial charge in [-0.1, -0.05) is 48.5 Å². The molecular formula is C23H20N2O4S. The molecule has 0 bridgehead atoms. The molecule has 1 unspecified atom stereocenters. The zero-order valence-corrected chi connectivity index (χ0v) is 17.0. The fourth-order valence-electron chi connectivity index (χ4n) is 4.06. The molecule has 2 fully saturated rings. The normalized spacial score (nSPS) is 19.8. The number of rotatable bonds is 5. The van der Waals surface area contributed by atoms with Crippen LogP contribution in [0.4, 0.5) is 5.69 Å². The first-order valence-corrected chi connectivity index (χ1v) is 11.3. The van der Waals surface area contributed by atoms with Gasteiger partial charge in [-0.05, 0) is 47.9 Å². The predicted molar refractivity (Wildman–Crippen MR) is 113 cm³/mol. The lowest BCUT2D eigenvalue weighted by Crippen LogP contribution is -2.46. The molecule has 1 saturated heterocycles. The molecule has 0 spiro atoms. The van der Waals surface area contributed by atoms with Crippen LogP contribution < -0.4 is 4.90 Å². The summed E-state index contributed by atoms with van der Waals surface area (Å²) in [5.41, 5.74) is 0.467. The minimum atomic E-state index is -3.94. The minimum absolute atomic E-state index is 0.142. The van der Waals surface area contributed by atoms with Crippen LogP contribution in [0.1, 0.15) is 19.3 Å². The lowest BCUT2D eigenvalue weighted by atomic mass is 10.1. The fraction of sp³-hybridized carbons (Fsp3) is 0.217. The molecule has 2 aliphatic rings. The topological polar surface area (TPSA) is 74.8 Å². The Morgan fingerprint density at radius 1 is 0.833 bits per heavy atom. The highest BCUT2D eigenvalue weighted by atomic mass is 32.2. The molecule has 2 amide bonds. The lowest BCUT2D eigenvalue weighted by Gasteiger charge is -2.27. The number of nitrogens with zero attached hydrogens (tertiary/aromatic N) is 2. The summed E-state index contributed by atoms with van der Waals surface area (Å²) in [6.07, 6.45) is 1.24. The number of amides is 2. The van der Waals surface area contributed by atoms with Gasteiger partial charge in [0.15, 0.2) is 0 Å². The molecule has 0 aromatic heterocycles.